The number of esters is 1. The molecule has 0 unspecified atom stereocenters. The Hall–Kier alpha value is -1.55. The third-order valence-corrected chi connectivity index (χ3v) is 5.22. The molecular formula is C21H30ClNO3. The zero-order valence-electron chi connectivity index (χ0n) is 15.7. The zero-order valence-corrected chi connectivity index (χ0v) is 16.5. The predicted octanol–water partition coefficient (Wildman–Crippen LogP) is 4.78. The number of amides is 1. The minimum atomic E-state index is -0.220. The molecule has 0 bridgehead atoms. The van der Waals surface area contributed by atoms with Crippen molar-refractivity contribution < 1.29 is 14.3 Å². The summed E-state index contributed by atoms with van der Waals surface area (Å²) in [5.74, 6) is -0.0579. The van der Waals surface area contributed by atoms with Crippen LogP contribution in [0.15, 0.2) is 24.3 Å². The monoisotopic (exact) mass is 379 g/mol. The summed E-state index contributed by atoms with van der Waals surface area (Å²) < 4.78 is 5.02. The van der Waals surface area contributed by atoms with Gasteiger partial charge in [0.15, 0.2) is 0 Å². The molecule has 1 aromatic carbocycles. The number of benzene rings is 1. The summed E-state index contributed by atoms with van der Waals surface area (Å²) in [5, 5.41) is 0.729. The third-order valence-electron chi connectivity index (χ3n) is 4.97. The van der Waals surface area contributed by atoms with Gasteiger partial charge in [0, 0.05) is 24.0 Å². The van der Waals surface area contributed by atoms with Crippen LogP contribution >= 0.6 is 11.6 Å². The number of carbonyl (C=O) groups is 2. The number of nitrogens with zero attached hydrogens (tertiary/aromatic N) is 1. The van der Waals surface area contributed by atoms with E-state index in [2.05, 4.69) is 0 Å². The fourth-order valence-electron chi connectivity index (χ4n) is 3.59. The van der Waals surface area contributed by atoms with Gasteiger partial charge in [-0.3, -0.25) is 9.59 Å². The highest BCUT2D eigenvalue weighted by molar-refractivity contribution is 6.30. The van der Waals surface area contributed by atoms with Crippen molar-refractivity contribution in [2.45, 2.75) is 70.8 Å². The quantitative estimate of drug-likeness (QED) is 0.580. The summed E-state index contributed by atoms with van der Waals surface area (Å²) in [6, 6.07) is 8.05. The van der Waals surface area contributed by atoms with Crippen molar-refractivity contribution in [1.82, 2.24) is 4.90 Å². The van der Waals surface area contributed by atoms with E-state index in [-0.39, 0.29) is 24.3 Å². The van der Waals surface area contributed by atoms with Crippen molar-refractivity contribution in [2.75, 3.05) is 13.2 Å². The van der Waals surface area contributed by atoms with Crippen LogP contribution in [-0.2, 0) is 20.7 Å². The van der Waals surface area contributed by atoms with E-state index in [1.165, 1.54) is 24.8 Å². The Morgan fingerprint density at radius 1 is 1.12 bits per heavy atom. The largest absolute Gasteiger partial charge is 0.466 e. The van der Waals surface area contributed by atoms with Gasteiger partial charge in [-0.25, -0.2) is 0 Å². The highest BCUT2D eigenvalue weighted by atomic mass is 35.5. The van der Waals surface area contributed by atoms with Crippen molar-refractivity contribution in [1.29, 1.82) is 0 Å². The van der Waals surface area contributed by atoms with E-state index in [4.69, 9.17) is 16.3 Å². The second-order valence-corrected chi connectivity index (χ2v) is 7.35. The molecule has 1 amide bonds. The topological polar surface area (TPSA) is 46.6 Å². The minimum absolute atomic E-state index is 0.162. The van der Waals surface area contributed by atoms with Crippen LogP contribution in [0.4, 0.5) is 0 Å². The smallest absolute Gasteiger partial charge is 0.307 e. The molecule has 1 fully saturated rings. The number of halogens is 1. The molecule has 2 rings (SSSR count). The Morgan fingerprint density at radius 2 is 1.81 bits per heavy atom. The molecule has 0 saturated heterocycles. The number of rotatable bonds is 9. The van der Waals surface area contributed by atoms with E-state index >= 15 is 0 Å². The summed E-state index contributed by atoms with van der Waals surface area (Å²) >= 11 is 5.91. The van der Waals surface area contributed by atoms with Crippen LogP contribution in [0.1, 0.15) is 63.9 Å². The maximum atomic E-state index is 12.8. The number of ether oxygens (including phenoxy) is 1. The normalized spacial score (nSPS) is 14.8. The molecule has 0 aliphatic heterocycles. The molecule has 1 aliphatic carbocycles. The molecule has 0 heterocycles. The van der Waals surface area contributed by atoms with Crippen LogP contribution in [0.3, 0.4) is 0 Å². The van der Waals surface area contributed by atoms with Gasteiger partial charge >= 0.3 is 5.97 Å². The zero-order chi connectivity index (χ0) is 18.8. The Labute approximate surface area is 161 Å². The maximum absolute atomic E-state index is 12.8. The Bertz CT molecular complexity index is 567. The van der Waals surface area contributed by atoms with E-state index in [1.54, 1.807) is 6.92 Å². The first-order chi connectivity index (χ1) is 12.6. The molecule has 0 atom stereocenters. The average Bonchev–Trinajstić information content (AvgIpc) is 2.65. The molecule has 0 aromatic heterocycles. The van der Waals surface area contributed by atoms with Gasteiger partial charge in [0.2, 0.25) is 5.91 Å². The lowest BCUT2D eigenvalue weighted by Gasteiger charge is -2.34. The van der Waals surface area contributed by atoms with E-state index in [0.717, 1.165) is 30.7 Å². The molecule has 5 heteroatoms. The first-order valence-corrected chi connectivity index (χ1v) is 10.2. The van der Waals surface area contributed by atoms with Gasteiger partial charge in [-0.05, 0) is 50.3 Å². The van der Waals surface area contributed by atoms with E-state index in [1.807, 2.05) is 29.2 Å². The molecule has 0 radical (unpaired) electrons. The van der Waals surface area contributed by atoms with Crippen LogP contribution in [0.25, 0.3) is 0 Å². The highest BCUT2D eigenvalue weighted by Crippen LogP contribution is 2.24. The van der Waals surface area contributed by atoms with Crippen LogP contribution in [0.5, 0.6) is 0 Å². The summed E-state index contributed by atoms with van der Waals surface area (Å²) in [5.41, 5.74) is 1.19. The van der Waals surface area contributed by atoms with Gasteiger partial charge < -0.3 is 9.64 Å². The highest BCUT2D eigenvalue weighted by Gasteiger charge is 2.25. The van der Waals surface area contributed by atoms with Crippen molar-refractivity contribution in [3.05, 3.63) is 34.9 Å². The van der Waals surface area contributed by atoms with Gasteiger partial charge in [-0.2, -0.15) is 0 Å². The second-order valence-electron chi connectivity index (χ2n) is 6.91. The Balaban J connectivity index is 1.86. The van der Waals surface area contributed by atoms with Crippen molar-refractivity contribution in [2.24, 2.45) is 0 Å². The summed E-state index contributed by atoms with van der Waals surface area (Å²) in [6.07, 6.45) is 8.14. The Morgan fingerprint density at radius 3 is 2.46 bits per heavy atom. The number of hydrogen-bond acceptors (Lipinski definition) is 3. The lowest BCUT2D eigenvalue weighted by Crippen LogP contribution is -2.42. The predicted molar refractivity (Wildman–Crippen MR) is 104 cm³/mol. The third kappa shape index (κ3) is 6.99. The van der Waals surface area contributed by atoms with Gasteiger partial charge in [0.25, 0.3) is 0 Å². The first kappa shape index (κ1) is 20.8. The lowest BCUT2D eigenvalue weighted by molar-refractivity contribution is -0.144. The SMILES string of the molecule is CCOC(=O)CCN(C(=O)CCCc1ccc(Cl)cc1)C1CCCCC1. The van der Waals surface area contributed by atoms with Crippen LogP contribution < -0.4 is 0 Å². The summed E-state index contributed by atoms with van der Waals surface area (Å²) in [6.45, 7) is 2.67. The standard InChI is InChI=1S/C21H30ClNO3/c1-2-26-21(25)15-16-23(19-8-4-3-5-9-19)20(24)10-6-7-17-11-13-18(22)14-12-17/h11-14,19H,2-10,15-16H2,1H3. The van der Waals surface area contributed by atoms with Gasteiger partial charge in [-0.1, -0.05) is 43.0 Å². The van der Waals surface area contributed by atoms with Crippen molar-refractivity contribution in [3.63, 3.8) is 0 Å². The lowest BCUT2D eigenvalue weighted by atomic mass is 9.93. The Kier molecular flexibility index (Phi) is 8.96. The maximum Gasteiger partial charge on any atom is 0.307 e. The average molecular weight is 380 g/mol. The van der Waals surface area contributed by atoms with Crippen LogP contribution in [-0.4, -0.2) is 36.0 Å². The molecule has 26 heavy (non-hydrogen) atoms. The molecule has 0 spiro atoms. The van der Waals surface area contributed by atoms with Gasteiger partial charge in [0.1, 0.15) is 0 Å². The number of hydrogen-bond donors (Lipinski definition) is 0. The van der Waals surface area contributed by atoms with E-state index in [9.17, 15) is 9.59 Å². The summed E-state index contributed by atoms with van der Waals surface area (Å²) in [7, 11) is 0. The molecular weight excluding hydrogens is 350 g/mol. The van der Waals surface area contributed by atoms with Crippen LogP contribution in [0.2, 0.25) is 5.02 Å². The molecule has 0 N–H and O–H groups in total. The van der Waals surface area contributed by atoms with Crippen molar-refractivity contribution in [3.8, 4) is 0 Å². The summed E-state index contributed by atoms with van der Waals surface area (Å²) in [4.78, 5) is 26.5. The van der Waals surface area contributed by atoms with E-state index in [0.29, 0.717) is 19.6 Å². The minimum Gasteiger partial charge on any atom is -0.466 e. The van der Waals surface area contributed by atoms with Crippen molar-refractivity contribution >= 4 is 23.5 Å². The van der Waals surface area contributed by atoms with Gasteiger partial charge in [0.05, 0.1) is 13.0 Å². The fraction of sp³-hybridized carbons (Fsp3) is 0.619. The molecule has 1 aliphatic rings. The molecule has 1 aromatic rings. The number of aryl methyl sites for hydroxylation is 1. The molecule has 144 valence electrons. The first-order valence-electron chi connectivity index (χ1n) is 9.79. The van der Waals surface area contributed by atoms with E-state index < -0.39 is 0 Å². The van der Waals surface area contributed by atoms with Gasteiger partial charge in [-0.15, -0.1) is 0 Å². The van der Waals surface area contributed by atoms with Crippen LogP contribution in [0, 0.1) is 0 Å². The number of carbonyl (C=O) groups excluding carboxylic acids is 2. The molecule has 1 saturated carbocycles. The fourth-order valence-corrected chi connectivity index (χ4v) is 3.71. The second kappa shape index (κ2) is 11.2. The molecule has 4 nitrogen and oxygen atoms in total.